The van der Waals surface area contributed by atoms with Crippen molar-refractivity contribution in [1.29, 1.82) is 0 Å². The fourth-order valence-corrected chi connectivity index (χ4v) is 2.61. The lowest BCUT2D eigenvalue weighted by molar-refractivity contribution is 0.407. The average Bonchev–Trinajstić information content (AvgIpc) is 3.03. The first-order valence-corrected chi connectivity index (χ1v) is 7.76. The molecule has 26 heavy (non-hydrogen) atoms. The number of anilines is 1. The highest BCUT2D eigenvalue weighted by molar-refractivity contribution is 5.48. The number of hydrogen-bond acceptors (Lipinski definition) is 5. The number of tetrazole rings is 1. The molecule has 1 heterocycles. The Kier molecular flexibility index (Phi) is 4.97. The van der Waals surface area contributed by atoms with Gasteiger partial charge in [0.25, 0.3) is 0 Å². The molecule has 3 aromatic rings. The lowest BCUT2D eigenvalue weighted by atomic mass is 10.1. The summed E-state index contributed by atoms with van der Waals surface area (Å²) in [5.41, 5.74) is 7.18. The van der Waals surface area contributed by atoms with Gasteiger partial charge in [-0.1, -0.05) is 12.1 Å². The molecule has 0 spiro atoms. The van der Waals surface area contributed by atoms with E-state index >= 15 is 0 Å². The summed E-state index contributed by atoms with van der Waals surface area (Å²) in [6.07, 6.45) is 0. The van der Waals surface area contributed by atoms with E-state index in [1.807, 2.05) is 0 Å². The van der Waals surface area contributed by atoms with E-state index in [9.17, 15) is 13.6 Å². The Morgan fingerprint density at radius 3 is 2.38 bits per heavy atom. The molecule has 9 heteroatoms. The number of rotatable bonds is 6. The third-order valence-corrected chi connectivity index (χ3v) is 3.86. The minimum Gasteiger partial charge on any atom is -0.496 e. The highest BCUT2D eigenvalue weighted by Crippen LogP contribution is 2.22. The van der Waals surface area contributed by atoms with E-state index in [0.717, 1.165) is 9.36 Å². The van der Waals surface area contributed by atoms with Gasteiger partial charge in [-0.15, -0.1) is 0 Å². The maximum absolute atomic E-state index is 13.0. The van der Waals surface area contributed by atoms with Crippen molar-refractivity contribution in [3.63, 3.8) is 0 Å². The molecule has 0 saturated carbocycles. The van der Waals surface area contributed by atoms with Crippen LogP contribution in [0.15, 0.2) is 41.2 Å². The molecule has 3 rings (SSSR count). The van der Waals surface area contributed by atoms with Crippen molar-refractivity contribution in [2.45, 2.75) is 19.9 Å². The molecule has 0 fully saturated rings. The van der Waals surface area contributed by atoms with Crippen LogP contribution in [0.5, 0.6) is 5.75 Å². The molecule has 0 aliphatic carbocycles. The molecule has 0 radical (unpaired) electrons. The van der Waals surface area contributed by atoms with Gasteiger partial charge in [0.05, 0.1) is 19.3 Å². The Morgan fingerprint density at radius 1 is 1.08 bits per heavy atom. The third kappa shape index (κ3) is 3.41. The van der Waals surface area contributed by atoms with E-state index in [2.05, 4.69) is 10.4 Å². The smallest absolute Gasteiger partial charge is 0.368 e. The fourth-order valence-electron chi connectivity index (χ4n) is 2.61. The summed E-state index contributed by atoms with van der Waals surface area (Å²) in [4.78, 5) is 12.6. The lowest BCUT2D eigenvalue weighted by Crippen LogP contribution is -2.25. The van der Waals surface area contributed by atoms with Crippen LogP contribution in [0, 0.1) is 0 Å². The van der Waals surface area contributed by atoms with Crippen molar-refractivity contribution < 1.29 is 13.5 Å². The van der Waals surface area contributed by atoms with Crippen molar-refractivity contribution >= 4 is 5.69 Å². The molecule has 2 N–H and O–H groups in total. The molecule has 2 aromatic carbocycles. The summed E-state index contributed by atoms with van der Waals surface area (Å²) >= 11 is 0. The molecular formula is C17H17F2N5O2. The fraction of sp³-hybridized carbons (Fsp3) is 0.235. The number of nitrogen functional groups attached to an aromatic ring is 1. The maximum atomic E-state index is 13.0. The quantitative estimate of drug-likeness (QED) is 0.679. The zero-order valence-electron chi connectivity index (χ0n) is 14.0. The largest absolute Gasteiger partial charge is 0.496 e. The SMILES string of the molecule is COc1cc(N)ccc1Cn1nnn(-c2cc(CF)cc(CF)c2)c1=O. The molecule has 7 nitrogen and oxygen atoms in total. The predicted octanol–water partition coefficient (Wildman–Crippen LogP) is 2.01. The van der Waals surface area contributed by atoms with Gasteiger partial charge in [0.2, 0.25) is 0 Å². The minimum atomic E-state index is -0.771. The highest BCUT2D eigenvalue weighted by atomic mass is 19.1. The van der Waals surface area contributed by atoms with E-state index in [4.69, 9.17) is 10.5 Å². The second-order valence-corrected chi connectivity index (χ2v) is 5.68. The summed E-state index contributed by atoms with van der Waals surface area (Å²) in [6.45, 7) is -1.43. The zero-order chi connectivity index (χ0) is 18.7. The number of halogens is 2. The number of nitrogens with two attached hydrogens (primary N) is 1. The Hall–Kier alpha value is -3.23. The summed E-state index contributed by atoms with van der Waals surface area (Å²) in [6, 6.07) is 9.32. The van der Waals surface area contributed by atoms with Crippen LogP contribution >= 0.6 is 0 Å². The minimum absolute atomic E-state index is 0.112. The average molecular weight is 361 g/mol. The van der Waals surface area contributed by atoms with Crippen LogP contribution in [0.25, 0.3) is 5.69 Å². The molecule has 1 aromatic heterocycles. The molecule has 0 atom stereocenters. The molecule has 0 aliphatic heterocycles. The van der Waals surface area contributed by atoms with Crippen LogP contribution < -0.4 is 16.2 Å². The Morgan fingerprint density at radius 2 is 1.77 bits per heavy atom. The molecule has 0 saturated heterocycles. The van der Waals surface area contributed by atoms with Crippen molar-refractivity contribution in [2.24, 2.45) is 0 Å². The molecule has 0 amide bonds. The van der Waals surface area contributed by atoms with Crippen LogP contribution in [-0.4, -0.2) is 26.9 Å². The number of nitrogens with zero attached hydrogens (tertiary/aromatic N) is 4. The number of ether oxygens (including phenoxy) is 1. The van der Waals surface area contributed by atoms with Crippen LogP contribution in [0.3, 0.4) is 0 Å². The predicted molar refractivity (Wildman–Crippen MR) is 91.8 cm³/mol. The molecule has 136 valence electrons. The lowest BCUT2D eigenvalue weighted by Gasteiger charge is -2.08. The topological polar surface area (TPSA) is 88.0 Å². The normalized spacial score (nSPS) is 10.9. The molecule has 0 bridgehead atoms. The van der Waals surface area contributed by atoms with E-state index in [0.29, 0.717) is 17.0 Å². The first kappa shape index (κ1) is 17.6. The van der Waals surface area contributed by atoms with Gasteiger partial charge < -0.3 is 10.5 Å². The Balaban J connectivity index is 1.98. The van der Waals surface area contributed by atoms with Gasteiger partial charge in [0.1, 0.15) is 19.1 Å². The van der Waals surface area contributed by atoms with Gasteiger partial charge in [0, 0.05) is 17.3 Å². The zero-order valence-corrected chi connectivity index (χ0v) is 14.0. The third-order valence-electron chi connectivity index (χ3n) is 3.86. The van der Waals surface area contributed by atoms with E-state index in [-0.39, 0.29) is 23.4 Å². The molecule has 0 unspecified atom stereocenters. The number of alkyl halides is 2. The summed E-state index contributed by atoms with van der Waals surface area (Å²) in [7, 11) is 1.50. The van der Waals surface area contributed by atoms with E-state index < -0.39 is 19.0 Å². The summed E-state index contributed by atoms with van der Waals surface area (Å²) in [5, 5.41) is 7.65. The molecule has 0 aliphatic rings. The highest BCUT2D eigenvalue weighted by Gasteiger charge is 2.13. The number of hydrogen-bond donors (Lipinski definition) is 1. The van der Waals surface area contributed by atoms with Crippen LogP contribution in [0.1, 0.15) is 16.7 Å². The summed E-state index contributed by atoms with van der Waals surface area (Å²) < 4.78 is 33.3. The number of methoxy groups -OCH3 is 1. The first-order chi connectivity index (χ1) is 12.5. The van der Waals surface area contributed by atoms with Gasteiger partial charge in [-0.05, 0) is 39.8 Å². The second-order valence-electron chi connectivity index (χ2n) is 5.68. The van der Waals surface area contributed by atoms with Crippen LogP contribution in [0.4, 0.5) is 14.5 Å². The van der Waals surface area contributed by atoms with Crippen LogP contribution in [0.2, 0.25) is 0 Å². The van der Waals surface area contributed by atoms with Gasteiger partial charge >= 0.3 is 5.69 Å². The van der Waals surface area contributed by atoms with Gasteiger partial charge in [-0.25, -0.2) is 13.6 Å². The second kappa shape index (κ2) is 7.34. The van der Waals surface area contributed by atoms with Gasteiger partial charge in [-0.2, -0.15) is 9.36 Å². The van der Waals surface area contributed by atoms with Gasteiger partial charge in [-0.3, -0.25) is 0 Å². The van der Waals surface area contributed by atoms with E-state index in [1.54, 1.807) is 18.2 Å². The van der Waals surface area contributed by atoms with Crippen molar-refractivity contribution in [3.05, 3.63) is 63.6 Å². The van der Waals surface area contributed by atoms with Crippen LogP contribution in [-0.2, 0) is 19.9 Å². The van der Waals surface area contributed by atoms with Crippen molar-refractivity contribution in [3.8, 4) is 11.4 Å². The number of benzene rings is 2. The maximum Gasteiger partial charge on any atom is 0.368 e. The summed E-state index contributed by atoms with van der Waals surface area (Å²) in [5.74, 6) is 0.519. The first-order valence-electron chi connectivity index (χ1n) is 7.76. The number of aromatic nitrogens is 4. The Labute approximate surface area is 147 Å². The Bertz CT molecular complexity index is 961. The van der Waals surface area contributed by atoms with Crippen molar-refractivity contribution in [2.75, 3.05) is 12.8 Å². The van der Waals surface area contributed by atoms with E-state index in [1.165, 1.54) is 25.3 Å². The van der Waals surface area contributed by atoms with Gasteiger partial charge in [0.15, 0.2) is 0 Å². The molecular weight excluding hydrogens is 344 g/mol. The standard InChI is InChI=1S/C17H17F2N5O2/c1-26-16-7-14(20)3-2-13(16)10-23-17(25)24(22-21-23)15-5-11(8-18)4-12(6-15)9-19/h2-7H,8-10,20H2,1H3. The monoisotopic (exact) mass is 361 g/mol. The van der Waals surface area contributed by atoms with Crippen molar-refractivity contribution in [1.82, 2.24) is 19.8 Å².